The van der Waals surface area contributed by atoms with Gasteiger partial charge in [0.25, 0.3) is 0 Å². The molecule has 1 rings (SSSR count). The molecule has 0 aromatic carbocycles. The van der Waals surface area contributed by atoms with Crippen LogP contribution in [0.25, 0.3) is 0 Å². The van der Waals surface area contributed by atoms with Gasteiger partial charge < -0.3 is 11.1 Å². The molecule has 0 bridgehead atoms. The van der Waals surface area contributed by atoms with Crippen molar-refractivity contribution in [3.05, 3.63) is 0 Å². The van der Waals surface area contributed by atoms with E-state index in [0.29, 0.717) is 12.3 Å². The second-order valence-electron chi connectivity index (χ2n) is 5.95. The molecule has 3 heteroatoms. The summed E-state index contributed by atoms with van der Waals surface area (Å²) in [6.07, 6.45) is 1.69. The molecule has 88 valence electrons. The smallest absolute Gasteiger partial charge is 0.221 e. The zero-order valence-electron chi connectivity index (χ0n) is 10.3. The van der Waals surface area contributed by atoms with Gasteiger partial charge in [-0.15, -0.1) is 0 Å². The topological polar surface area (TPSA) is 55.1 Å². The van der Waals surface area contributed by atoms with Crippen LogP contribution in [0.5, 0.6) is 0 Å². The first kappa shape index (κ1) is 12.5. The Hall–Kier alpha value is -0.570. The Morgan fingerprint density at radius 1 is 1.53 bits per heavy atom. The van der Waals surface area contributed by atoms with E-state index in [9.17, 15) is 4.79 Å². The summed E-state index contributed by atoms with van der Waals surface area (Å²) in [6, 6.07) is -0.0610. The Balaban J connectivity index is 2.18. The minimum atomic E-state index is -0.0610. The van der Waals surface area contributed by atoms with Gasteiger partial charge in [0.15, 0.2) is 0 Å². The lowest BCUT2D eigenvalue weighted by molar-refractivity contribution is -0.122. The number of nitrogens with two attached hydrogens (primary N) is 1. The van der Waals surface area contributed by atoms with Crippen molar-refractivity contribution in [1.82, 2.24) is 5.32 Å². The number of carbonyl (C=O) groups is 1. The molecule has 0 spiro atoms. The van der Waals surface area contributed by atoms with Crippen LogP contribution in [0.4, 0.5) is 0 Å². The lowest BCUT2D eigenvalue weighted by Gasteiger charge is -2.26. The van der Waals surface area contributed by atoms with Crippen LogP contribution in [0.3, 0.4) is 0 Å². The van der Waals surface area contributed by atoms with Crippen LogP contribution >= 0.6 is 0 Å². The molecule has 0 aliphatic heterocycles. The molecule has 3 nitrogen and oxygen atoms in total. The summed E-state index contributed by atoms with van der Waals surface area (Å²) in [4.78, 5) is 11.5. The fourth-order valence-electron chi connectivity index (χ4n) is 1.51. The fraction of sp³-hybridized carbons (Fsp3) is 0.917. The number of carbonyl (C=O) groups excluding carboxylic acids is 1. The monoisotopic (exact) mass is 212 g/mol. The number of nitrogens with one attached hydrogen (secondary N) is 1. The van der Waals surface area contributed by atoms with Gasteiger partial charge in [-0.25, -0.2) is 0 Å². The molecule has 1 aliphatic rings. The second-order valence-corrected chi connectivity index (χ2v) is 5.95. The lowest BCUT2D eigenvalue weighted by atomic mass is 9.85. The maximum Gasteiger partial charge on any atom is 0.221 e. The van der Waals surface area contributed by atoms with E-state index in [-0.39, 0.29) is 17.4 Å². The van der Waals surface area contributed by atoms with Crippen molar-refractivity contribution in [2.45, 2.75) is 46.6 Å². The highest BCUT2D eigenvalue weighted by atomic mass is 16.1. The molecule has 0 aromatic rings. The molecule has 1 aliphatic carbocycles. The van der Waals surface area contributed by atoms with Crippen LogP contribution < -0.4 is 11.1 Å². The Morgan fingerprint density at radius 2 is 2.07 bits per heavy atom. The van der Waals surface area contributed by atoms with E-state index < -0.39 is 0 Å². The Labute approximate surface area is 92.8 Å². The predicted molar refractivity (Wildman–Crippen MR) is 62.3 cm³/mol. The first-order chi connectivity index (χ1) is 6.80. The Kier molecular flexibility index (Phi) is 3.77. The third-order valence-corrected chi connectivity index (χ3v) is 3.36. The average molecular weight is 212 g/mol. The lowest BCUT2D eigenvalue weighted by Crippen LogP contribution is -2.40. The van der Waals surface area contributed by atoms with Crippen molar-refractivity contribution in [2.75, 3.05) is 6.54 Å². The molecular weight excluding hydrogens is 188 g/mol. The van der Waals surface area contributed by atoms with Crippen LogP contribution in [0.2, 0.25) is 0 Å². The Bertz CT molecular complexity index is 232. The maximum absolute atomic E-state index is 11.5. The molecule has 3 atom stereocenters. The number of hydrogen-bond donors (Lipinski definition) is 2. The highest BCUT2D eigenvalue weighted by Gasteiger charge is 2.32. The third-order valence-electron chi connectivity index (χ3n) is 3.36. The molecule has 1 fully saturated rings. The summed E-state index contributed by atoms with van der Waals surface area (Å²) >= 11 is 0. The molecule has 0 heterocycles. The minimum absolute atomic E-state index is 0.00418. The van der Waals surface area contributed by atoms with E-state index in [4.69, 9.17) is 5.73 Å². The third kappa shape index (κ3) is 4.20. The normalized spacial score (nSPS) is 27.3. The summed E-state index contributed by atoms with van der Waals surface area (Å²) in [5, 5.41) is 2.96. The zero-order valence-corrected chi connectivity index (χ0v) is 10.3. The molecule has 0 aromatic heterocycles. The van der Waals surface area contributed by atoms with Crippen molar-refractivity contribution in [3.63, 3.8) is 0 Å². The molecule has 3 N–H and O–H groups in total. The fourth-order valence-corrected chi connectivity index (χ4v) is 1.51. The van der Waals surface area contributed by atoms with Crippen molar-refractivity contribution in [2.24, 2.45) is 23.0 Å². The van der Waals surface area contributed by atoms with Gasteiger partial charge in [0.1, 0.15) is 0 Å². The summed E-state index contributed by atoms with van der Waals surface area (Å²) in [7, 11) is 0. The van der Waals surface area contributed by atoms with Gasteiger partial charge in [0.05, 0.1) is 0 Å². The maximum atomic E-state index is 11.5. The molecule has 1 amide bonds. The van der Waals surface area contributed by atoms with Gasteiger partial charge >= 0.3 is 0 Å². The zero-order chi connectivity index (χ0) is 11.6. The van der Waals surface area contributed by atoms with Gasteiger partial charge in [-0.1, -0.05) is 27.7 Å². The molecule has 1 saturated carbocycles. The van der Waals surface area contributed by atoms with E-state index in [1.807, 2.05) is 0 Å². The molecule has 0 radical (unpaired) electrons. The molecule has 0 saturated heterocycles. The molecule has 3 unspecified atom stereocenters. The van der Waals surface area contributed by atoms with Crippen molar-refractivity contribution < 1.29 is 4.79 Å². The van der Waals surface area contributed by atoms with Crippen molar-refractivity contribution in [3.8, 4) is 0 Å². The van der Waals surface area contributed by atoms with Crippen molar-refractivity contribution in [1.29, 1.82) is 0 Å². The van der Waals surface area contributed by atoms with E-state index in [2.05, 4.69) is 33.0 Å². The predicted octanol–water partition coefficient (Wildman–Crippen LogP) is 1.52. The SMILES string of the molecule is CC1CC1CNC(=O)CC(N)C(C)(C)C. The standard InChI is InChI=1S/C12H24N2O/c1-8-5-9(8)7-14-11(15)6-10(13)12(2,3)4/h8-10H,5-7,13H2,1-4H3,(H,14,15). The summed E-state index contributed by atoms with van der Waals surface area (Å²) in [5.41, 5.74) is 5.94. The van der Waals surface area contributed by atoms with Gasteiger partial charge in [-0.2, -0.15) is 0 Å². The summed E-state index contributed by atoms with van der Waals surface area (Å²) in [5.74, 6) is 1.60. The minimum Gasteiger partial charge on any atom is -0.356 e. The quantitative estimate of drug-likeness (QED) is 0.742. The average Bonchev–Trinajstić information content (AvgIpc) is 2.77. The number of amides is 1. The highest BCUT2D eigenvalue weighted by molar-refractivity contribution is 5.76. The largest absolute Gasteiger partial charge is 0.356 e. The van der Waals surface area contributed by atoms with Gasteiger partial charge in [0, 0.05) is 19.0 Å². The number of rotatable bonds is 4. The van der Waals surface area contributed by atoms with Crippen LogP contribution in [-0.2, 0) is 4.79 Å². The van der Waals surface area contributed by atoms with Gasteiger partial charge in [-0.3, -0.25) is 4.79 Å². The van der Waals surface area contributed by atoms with Crippen LogP contribution in [-0.4, -0.2) is 18.5 Å². The van der Waals surface area contributed by atoms with E-state index in [1.54, 1.807) is 0 Å². The van der Waals surface area contributed by atoms with E-state index >= 15 is 0 Å². The van der Waals surface area contributed by atoms with Crippen LogP contribution in [0.15, 0.2) is 0 Å². The second kappa shape index (κ2) is 4.52. The highest BCUT2D eigenvalue weighted by Crippen LogP contribution is 2.36. The summed E-state index contributed by atoms with van der Waals surface area (Å²) in [6.45, 7) is 9.24. The molecular formula is C12H24N2O. The van der Waals surface area contributed by atoms with Crippen LogP contribution in [0.1, 0.15) is 40.5 Å². The van der Waals surface area contributed by atoms with Gasteiger partial charge in [0.2, 0.25) is 5.91 Å². The first-order valence-electron chi connectivity index (χ1n) is 5.83. The van der Waals surface area contributed by atoms with E-state index in [0.717, 1.165) is 12.5 Å². The van der Waals surface area contributed by atoms with Crippen molar-refractivity contribution >= 4 is 5.91 Å². The van der Waals surface area contributed by atoms with Crippen LogP contribution in [0, 0.1) is 17.3 Å². The van der Waals surface area contributed by atoms with E-state index in [1.165, 1.54) is 6.42 Å². The van der Waals surface area contributed by atoms with Gasteiger partial charge in [-0.05, 0) is 23.7 Å². The molecule has 15 heavy (non-hydrogen) atoms. The number of hydrogen-bond acceptors (Lipinski definition) is 2. The summed E-state index contributed by atoms with van der Waals surface area (Å²) < 4.78 is 0. The Morgan fingerprint density at radius 3 is 2.47 bits per heavy atom. The first-order valence-corrected chi connectivity index (χ1v) is 5.83.